The third-order valence-electron chi connectivity index (χ3n) is 4.68. The smallest absolute Gasteiger partial charge is 0.352 e. The molecule has 3 rings (SSSR count). The van der Waals surface area contributed by atoms with Crippen molar-refractivity contribution in [2.24, 2.45) is 5.73 Å². The summed E-state index contributed by atoms with van der Waals surface area (Å²) in [7, 11) is 0. The Morgan fingerprint density at radius 3 is 2.15 bits per heavy atom. The first-order valence-electron chi connectivity index (χ1n) is 8.37. The molecule has 0 saturated carbocycles. The molecule has 1 aromatic heterocycles. The molecule has 6 heteroatoms. The van der Waals surface area contributed by atoms with Gasteiger partial charge in [-0.05, 0) is 54.8 Å². The highest BCUT2D eigenvalue weighted by Crippen LogP contribution is 2.33. The minimum absolute atomic E-state index is 0.186. The average molecular weight is 366 g/mol. The summed E-state index contributed by atoms with van der Waals surface area (Å²) in [6, 6.07) is 12.7. The summed E-state index contributed by atoms with van der Waals surface area (Å²) in [5.41, 5.74) is 9.66. The van der Waals surface area contributed by atoms with Gasteiger partial charge in [0, 0.05) is 23.4 Å². The molecule has 0 aliphatic rings. The number of aromatic carboxylic acids is 1. The first-order valence-corrected chi connectivity index (χ1v) is 8.37. The number of hydrogen-bond acceptors (Lipinski definition) is 2. The van der Waals surface area contributed by atoms with E-state index < -0.39 is 11.9 Å². The number of carbonyl (C=O) groups is 2. The SMILES string of the molecule is Cc1c(-c2ccc(C(N)=O)cc2)c(C)n(Cc2ccc(F)cc2)c1C(=O)O. The van der Waals surface area contributed by atoms with Crippen LogP contribution in [0.2, 0.25) is 0 Å². The lowest BCUT2D eigenvalue weighted by molar-refractivity contribution is 0.0684. The summed E-state index contributed by atoms with van der Waals surface area (Å²) >= 11 is 0. The number of carboxylic acids is 1. The summed E-state index contributed by atoms with van der Waals surface area (Å²) in [5.74, 6) is -1.89. The van der Waals surface area contributed by atoms with Gasteiger partial charge < -0.3 is 15.4 Å². The predicted molar refractivity (Wildman–Crippen MR) is 100 cm³/mol. The maximum atomic E-state index is 13.2. The van der Waals surface area contributed by atoms with E-state index in [0.717, 1.165) is 22.4 Å². The van der Waals surface area contributed by atoms with E-state index >= 15 is 0 Å². The van der Waals surface area contributed by atoms with Gasteiger partial charge in [-0.2, -0.15) is 0 Å². The molecule has 0 aliphatic heterocycles. The highest BCUT2D eigenvalue weighted by atomic mass is 19.1. The van der Waals surface area contributed by atoms with E-state index in [1.807, 2.05) is 6.92 Å². The van der Waals surface area contributed by atoms with E-state index in [4.69, 9.17) is 5.73 Å². The Morgan fingerprint density at radius 1 is 1.04 bits per heavy atom. The molecule has 2 aromatic carbocycles. The Morgan fingerprint density at radius 2 is 1.63 bits per heavy atom. The Kier molecular flexibility index (Phi) is 4.81. The van der Waals surface area contributed by atoms with Gasteiger partial charge in [-0.3, -0.25) is 4.79 Å². The van der Waals surface area contributed by atoms with Gasteiger partial charge in [-0.25, -0.2) is 9.18 Å². The third-order valence-corrected chi connectivity index (χ3v) is 4.68. The second-order valence-corrected chi connectivity index (χ2v) is 6.39. The molecule has 0 unspecified atom stereocenters. The molecular formula is C21H19FN2O3. The topological polar surface area (TPSA) is 85.3 Å². The number of nitrogens with two attached hydrogens (primary N) is 1. The number of nitrogens with zero attached hydrogens (tertiary/aromatic N) is 1. The zero-order chi connectivity index (χ0) is 19.7. The van der Waals surface area contributed by atoms with Crippen LogP contribution < -0.4 is 5.73 Å². The van der Waals surface area contributed by atoms with Crippen LogP contribution in [0, 0.1) is 19.7 Å². The van der Waals surface area contributed by atoms with Crippen LogP contribution >= 0.6 is 0 Å². The Hall–Kier alpha value is -3.41. The fraction of sp³-hybridized carbons (Fsp3) is 0.143. The van der Waals surface area contributed by atoms with E-state index in [-0.39, 0.29) is 11.5 Å². The number of amides is 1. The van der Waals surface area contributed by atoms with Crippen molar-refractivity contribution in [2.75, 3.05) is 0 Å². The number of aromatic nitrogens is 1. The number of primary amides is 1. The van der Waals surface area contributed by atoms with Crippen LogP contribution in [-0.4, -0.2) is 21.6 Å². The molecular weight excluding hydrogens is 347 g/mol. The van der Waals surface area contributed by atoms with Crippen molar-refractivity contribution in [3.05, 3.63) is 82.4 Å². The Labute approximate surface area is 155 Å². The highest BCUT2D eigenvalue weighted by Gasteiger charge is 2.23. The van der Waals surface area contributed by atoms with Crippen LogP contribution in [0.15, 0.2) is 48.5 Å². The van der Waals surface area contributed by atoms with Gasteiger partial charge in [-0.1, -0.05) is 24.3 Å². The minimum atomic E-state index is -1.03. The second kappa shape index (κ2) is 7.07. The van der Waals surface area contributed by atoms with E-state index in [1.54, 1.807) is 47.9 Å². The zero-order valence-electron chi connectivity index (χ0n) is 15.0. The van der Waals surface area contributed by atoms with E-state index in [1.165, 1.54) is 12.1 Å². The van der Waals surface area contributed by atoms with Gasteiger partial charge in [0.1, 0.15) is 11.5 Å². The molecule has 1 heterocycles. The van der Waals surface area contributed by atoms with Crippen LogP contribution in [0.1, 0.15) is 37.7 Å². The number of benzene rings is 2. The van der Waals surface area contributed by atoms with Gasteiger partial charge in [0.25, 0.3) is 0 Å². The largest absolute Gasteiger partial charge is 0.477 e. The number of carbonyl (C=O) groups excluding carboxylic acids is 1. The highest BCUT2D eigenvalue weighted by molar-refractivity contribution is 5.94. The molecule has 0 bridgehead atoms. The summed E-state index contributed by atoms with van der Waals surface area (Å²) in [5, 5.41) is 9.73. The molecule has 1 amide bonds. The lowest BCUT2D eigenvalue weighted by Crippen LogP contribution is -2.11. The van der Waals surface area contributed by atoms with Crippen molar-refractivity contribution in [3.8, 4) is 11.1 Å². The van der Waals surface area contributed by atoms with Crippen LogP contribution in [0.3, 0.4) is 0 Å². The van der Waals surface area contributed by atoms with Crippen molar-refractivity contribution in [2.45, 2.75) is 20.4 Å². The fourth-order valence-electron chi connectivity index (χ4n) is 3.37. The maximum absolute atomic E-state index is 13.2. The van der Waals surface area contributed by atoms with E-state index in [2.05, 4.69) is 0 Å². The molecule has 138 valence electrons. The molecule has 3 aromatic rings. The second-order valence-electron chi connectivity index (χ2n) is 6.39. The molecule has 0 fully saturated rings. The fourth-order valence-corrected chi connectivity index (χ4v) is 3.37. The molecule has 27 heavy (non-hydrogen) atoms. The first-order chi connectivity index (χ1) is 12.8. The number of halogens is 1. The van der Waals surface area contributed by atoms with E-state index in [9.17, 15) is 19.1 Å². The van der Waals surface area contributed by atoms with Crippen molar-refractivity contribution in [1.29, 1.82) is 0 Å². The van der Waals surface area contributed by atoms with Crippen molar-refractivity contribution < 1.29 is 19.1 Å². The average Bonchev–Trinajstić information content (AvgIpc) is 2.87. The van der Waals surface area contributed by atoms with Crippen LogP contribution in [0.25, 0.3) is 11.1 Å². The van der Waals surface area contributed by atoms with Crippen LogP contribution in [0.4, 0.5) is 4.39 Å². The number of hydrogen-bond donors (Lipinski definition) is 2. The summed E-state index contributed by atoms with van der Waals surface area (Å²) in [4.78, 5) is 23.2. The molecule has 0 aliphatic carbocycles. The quantitative estimate of drug-likeness (QED) is 0.721. The third kappa shape index (κ3) is 3.46. The lowest BCUT2D eigenvalue weighted by Gasteiger charge is -2.10. The van der Waals surface area contributed by atoms with Gasteiger partial charge in [0.05, 0.1) is 0 Å². The zero-order valence-corrected chi connectivity index (χ0v) is 15.0. The predicted octanol–water partition coefficient (Wildman–Crippen LogP) is 3.76. The first kappa shape index (κ1) is 18.4. The van der Waals surface area contributed by atoms with Crippen molar-refractivity contribution >= 4 is 11.9 Å². The van der Waals surface area contributed by atoms with Crippen molar-refractivity contribution in [3.63, 3.8) is 0 Å². The van der Waals surface area contributed by atoms with E-state index in [0.29, 0.717) is 17.7 Å². The number of rotatable bonds is 5. The van der Waals surface area contributed by atoms with Gasteiger partial charge in [0.15, 0.2) is 0 Å². The molecule has 0 saturated heterocycles. The summed E-state index contributed by atoms with van der Waals surface area (Å²) in [6.07, 6.45) is 0. The Balaban J connectivity index is 2.11. The Bertz CT molecular complexity index is 1020. The molecule has 0 spiro atoms. The number of carboxylic acid groups (broad SMARTS) is 1. The minimum Gasteiger partial charge on any atom is -0.477 e. The normalized spacial score (nSPS) is 10.8. The van der Waals surface area contributed by atoms with Gasteiger partial charge >= 0.3 is 5.97 Å². The summed E-state index contributed by atoms with van der Waals surface area (Å²) < 4.78 is 14.9. The molecule has 0 radical (unpaired) electrons. The monoisotopic (exact) mass is 366 g/mol. The summed E-state index contributed by atoms with van der Waals surface area (Å²) in [6.45, 7) is 3.92. The van der Waals surface area contributed by atoms with Gasteiger partial charge in [0.2, 0.25) is 5.91 Å². The maximum Gasteiger partial charge on any atom is 0.352 e. The molecule has 5 nitrogen and oxygen atoms in total. The van der Waals surface area contributed by atoms with Gasteiger partial charge in [-0.15, -0.1) is 0 Å². The molecule has 3 N–H and O–H groups in total. The van der Waals surface area contributed by atoms with Crippen molar-refractivity contribution in [1.82, 2.24) is 4.57 Å². The standard InChI is InChI=1S/C21H19FN2O3/c1-12-18(15-5-7-16(8-6-15)20(23)25)13(2)24(19(12)21(26)27)11-14-3-9-17(22)10-4-14/h3-10H,11H2,1-2H3,(H2,23,25)(H,26,27). The lowest BCUT2D eigenvalue weighted by atomic mass is 10.00. The van der Waals surface area contributed by atoms with Crippen LogP contribution in [0.5, 0.6) is 0 Å². The van der Waals surface area contributed by atoms with Crippen LogP contribution in [-0.2, 0) is 6.54 Å². The molecule has 0 atom stereocenters.